The molecule has 3 rings (SSSR count). The minimum atomic E-state index is -4.46. The first-order valence-electron chi connectivity index (χ1n) is 9.09. The molecule has 10 heteroatoms. The maximum atomic E-state index is 13.0. The minimum absolute atomic E-state index is 0.0566. The maximum absolute atomic E-state index is 13.0. The average molecular weight is 409 g/mol. The van der Waals surface area contributed by atoms with Gasteiger partial charge in [0.2, 0.25) is 5.91 Å². The number of aromatic nitrogens is 4. The molecule has 0 aliphatic carbocycles. The van der Waals surface area contributed by atoms with Crippen molar-refractivity contribution in [2.45, 2.75) is 52.6 Å². The number of ether oxygens (including phenoxy) is 1. The number of alkyl halides is 3. The summed E-state index contributed by atoms with van der Waals surface area (Å²) in [6.45, 7) is 5.85. The number of hydrogen-bond acceptors (Lipinski definition) is 4. The molecule has 1 amide bonds. The van der Waals surface area contributed by atoms with E-state index in [2.05, 4.69) is 15.5 Å². The Morgan fingerprint density at radius 1 is 1.28 bits per heavy atom. The monoisotopic (exact) mass is 409 g/mol. The predicted octanol–water partition coefficient (Wildman–Crippen LogP) is 4.09. The number of carbonyl (C=O) groups excluding carboxylic acids is 1. The van der Waals surface area contributed by atoms with Crippen molar-refractivity contribution in [1.82, 2.24) is 19.6 Å². The molecule has 3 aromatic rings. The van der Waals surface area contributed by atoms with Gasteiger partial charge in [-0.3, -0.25) is 14.2 Å². The van der Waals surface area contributed by atoms with Crippen molar-refractivity contribution in [2.75, 3.05) is 5.32 Å². The highest BCUT2D eigenvalue weighted by molar-refractivity contribution is 6.01. The Bertz CT molecular complexity index is 1020. The van der Waals surface area contributed by atoms with Crippen LogP contribution in [-0.2, 0) is 11.3 Å². The summed E-state index contributed by atoms with van der Waals surface area (Å²) >= 11 is 0. The number of aryl methyl sites for hydroxylation is 1. The molecule has 29 heavy (non-hydrogen) atoms. The van der Waals surface area contributed by atoms with Gasteiger partial charge < -0.3 is 10.1 Å². The first-order valence-corrected chi connectivity index (χ1v) is 9.09. The first kappa shape index (κ1) is 20.7. The molecule has 0 saturated heterocycles. The zero-order valence-corrected chi connectivity index (χ0v) is 16.5. The van der Waals surface area contributed by atoms with E-state index in [4.69, 9.17) is 4.74 Å². The van der Waals surface area contributed by atoms with Gasteiger partial charge in [-0.2, -0.15) is 23.4 Å². The van der Waals surface area contributed by atoms with Crippen molar-refractivity contribution in [1.29, 1.82) is 0 Å². The van der Waals surface area contributed by atoms with E-state index in [9.17, 15) is 18.0 Å². The van der Waals surface area contributed by atoms with Crippen LogP contribution in [0, 0.1) is 6.92 Å². The Hall–Kier alpha value is -3.04. The third kappa shape index (κ3) is 4.87. The highest BCUT2D eigenvalue weighted by Crippen LogP contribution is 2.30. The van der Waals surface area contributed by atoms with Crippen LogP contribution in [0.15, 0.2) is 30.6 Å². The number of nitrogens with zero attached hydrogens (tertiary/aromatic N) is 4. The largest absolute Gasteiger partial charge is 0.491 e. The standard InChI is InChI=1S/C19H22F3N5O2/c1-11(2)29-14-5-6-15-16(7-14)27(10-19(20,21)22)25-17(15)24-18(28)13(4)26-9-12(3)8-23-26/h5-9,11,13H,10H2,1-4H3,(H,24,25,28)/t13-/m0/s1. The highest BCUT2D eigenvalue weighted by Gasteiger charge is 2.30. The van der Waals surface area contributed by atoms with Crippen LogP contribution in [-0.4, -0.2) is 37.7 Å². The number of hydrogen-bond donors (Lipinski definition) is 1. The van der Waals surface area contributed by atoms with Crippen LogP contribution in [0.5, 0.6) is 5.75 Å². The normalized spacial score (nSPS) is 13.1. The van der Waals surface area contributed by atoms with Gasteiger partial charge in [0.25, 0.3) is 0 Å². The van der Waals surface area contributed by atoms with Crippen LogP contribution in [0.4, 0.5) is 19.0 Å². The second kappa shape index (κ2) is 7.76. The van der Waals surface area contributed by atoms with E-state index in [1.165, 1.54) is 10.7 Å². The van der Waals surface area contributed by atoms with Crippen molar-refractivity contribution in [3.8, 4) is 5.75 Å². The predicted molar refractivity (Wildman–Crippen MR) is 102 cm³/mol. The molecule has 0 aliphatic heterocycles. The van der Waals surface area contributed by atoms with Crippen molar-refractivity contribution in [3.63, 3.8) is 0 Å². The lowest BCUT2D eigenvalue weighted by Crippen LogP contribution is -2.24. The Morgan fingerprint density at radius 2 is 2.00 bits per heavy atom. The second-order valence-electron chi connectivity index (χ2n) is 7.13. The molecule has 2 aromatic heterocycles. The lowest BCUT2D eigenvalue weighted by Gasteiger charge is -2.11. The van der Waals surface area contributed by atoms with Gasteiger partial charge in [-0.1, -0.05) is 0 Å². The molecule has 0 fully saturated rings. The number of amides is 1. The van der Waals surface area contributed by atoms with E-state index in [0.29, 0.717) is 11.1 Å². The van der Waals surface area contributed by atoms with Crippen LogP contribution in [0.2, 0.25) is 0 Å². The summed E-state index contributed by atoms with van der Waals surface area (Å²) in [7, 11) is 0. The van der Waals surface area contributed by atoms with Gasteiger partial charge in [-0.25, -0.2) is 0 Å². The Balaban J connectivity index is 1.95. The molecule has 2 heterocycles. The molecule has 1 aromatic carbocycles. The molecule has 7 nitrogen and oxygen atoms in total. The maximum Gasteiger partial charge on any atom is 0.408 e. The third-order valence-corrected chi connectivity index (χ3v) is 4.17. The number of nitrogens with one attached hydrogen (secondary N) is 1. The summed E-state index contributed by atoms with van der Waals surface area (Å²) in [5.41, 5.74) is 1.11. The second-order valence-corrected chi connectivity index (χ2v) is 7.13. The number of anilines is 1. The molecule has 156 valence electrons. The van der Waals surface area contributed by atoms with Crippen LogP contribution >= 0.6 is 0 Å². The fraction of sp³-hybridized carbons (Fsp3) is 0.421. The smallest absolute Gasteiger partial charge is 0.408 e. The van der Waals surface area contributed by atoms with Crippen LogP contribution in [0.25, 0.3) is 10.9 Å². The Morgan fingerprint density at radius 3 is 2.59 bits per heavy atom. The summed E-state index contributed by atoms with van der Waals surface area (Å²) < 4.78 is 46.9. The highest BCUT2D eigenvalue weighted by atomic mass is 19.4. The average Bonchev–Trinajstić information content (AvgIpc) is 3.17. The van der Waals surface area contributed by atoms with Crippen LogP contribution < -0.4 is 10.1 Å². The third-order valence-electron chi connectivity index (χ3n) is 4.17. The van der Waals surface area contributed by atoms with E-state index >= 15 is 0 Å². The molecular weight excluding hydrogens is 387 g/mol. The fourth-order valence-electron chi connectivity index (χ4n) is 2.87. The number of benzene rings is 1. The Kier molecular flexibility index (Phi) is 5.54. The van der Waals surface area contributed by atoms with Gasteiger partial charge in [0, 0.05) is 17.6 Å². The van der Waals surface area contributed by atoms with Crippen molar-refractivity contribution in [2.24, 2.45) is 0 Å². The summed E-state index contributed by atoms with van der Waals surface area (Å²) in [5.74, 6) is 0.0457. The summed E-state index contributed by atoms with van der Waals surface area (Å²) in [6.07, 6.45) is -1.27. The van der Waals surface area contributed by atoms with Gasteiger partial charge in [-0.15, -0.1) is 0 Å². The van der Waals surface area contributed by atoms with Gasteiger partial charge in [0.15, 0.2) is 5.82 Å². The Labute approximate surface area is 165 Å². The van der Waals surface area contributed by atoms with E-state index < -0.39 is 24.7 Å². The lowest BCUT2D eigenvalue weighted by atomic mass is 10.2. The van der Waals surface area contributed by atoms with Crippen molar-refractivity contribution in [3.05, 3.63) is 36.2 Å². The summed E-state index contributed by atoms with van der Waals surface area (Å²) in [6, 6.07) is 4.06. The molecular formula is C19H22F3N5O2. The topological polar surface area (TPSA) is 74.0 Å². The molecule has 0 spiro atoms. The molecule has 0 unspecified atom stereocenters. The fourth-order valence-corrected chi connectivity index (χ4v) is 2.87. The van der Waals surface area contributed by atoms with E-state index in [0.717, 1.165) is 10.2 Å². The SMILES string of the molecule is Cc1cnn([C@@H](C)C(=O)Nc2nn(CC(F)(F)F)c3cc(OC(C)C)ccc23)c1. The molecule has 0 aliphatic rings. The number of fused-ring (bicyclic) bond motifs is 1. The van der Waals surface area contributed by atoms with Gasteiger partial charge in [0.05, 0.1) is 17.8 Å². The zero-order chi connectivity index (χ0) is 21.3. The first-order chi connectivity index (χ1) is 13.5. The minimum Gasteiger partial charge on any atom is -0.491 e. The number of rotatable bonds is 6. The van der Waals surface area contributed by atoms with E-state index in [1.807, 2.05) is 20.8 Å². The summed E-state index contributed by atoms with van der Waals surface area (Å²) in [5, 5.41) is 11.1. The van der Waals surface area contributed by atoms with Crippen LogP contribution in [0.1, 0.15) is 32.4 Å². The molecule has 1 atom stereocenters. The molecule has 0 radical (unpaired) electrons. The molecule has 0 saturated carbocycles. The zero-order valence-electron chi connectivity index (χ0n) is 16.5. The molecule has 1 N–H and O–H groups in total. The number of halogens is 3. The lowest BCUT2D eigenvalue weighted by molar-refractivity contribution is -0.141. The van der Waals surface area contributed by atoms with E-state index in [-0.39, 0.29) is 17.4 Å². The summed E-state index contributed by atoms with van der Waals surface area (Å²) in [4.78, 5) is 12.6. The van der Waals surface area contributed by atoms with Gasteiger partial charge >= 0.3 is 6.18 Å². The van der Waals surface area contributed by atoms with Crippen LogP contribution in [0.3, 0.4) is 0 Å². The van der Waals surface area contributed by atoms with Crippen molar-refractivity contribution >= 4 is 22.6 Å². The molecule has 0 bridgehead atoms. The van der Waals surface area contributed by atoms with Crippen molar-refractivity contribution < 1.29 is 22.7 Å². The van der Waals surface area contributed by atoms with E-state index in [1.54, 1.807) is 31.5 Å². The quantitative estimate of drug-likeness (QED) is 0.666. The van der Waals surface area contributed by atoms with Gasteiger partial charge in [-0.05, 0) is 45.4 Å². The van der Waals surface area contributed by atoms with Gasteiger partial charge in [0.1, 0.15) is 18.3 Å². The number of carbonyl (C=O) groups is 1.